The number of likely N-dealkylation sites (tertiary alicyclic amines) is 1. The number of nitrogens with two attached hydrogens (primary N) is 1. The summed E-state index contributed by atoms with van der Waals surface area (Å²) in [7, 11) is 0. The quantitative estimate of drug-likeness (QED) is 0.926. The van der Waals surface area contributed by atoms with Crippen molar-refractivity contribution in [1.29, 1.82) is 0 Å². The highest BCUT2D eigenvalue weighted by molar-refractivity contribution is 6.31. The van der Waals surface area contributed by atoms with Gasteiger partial charge < -0.3 is 10.6 Å². The molecule has 116 valence electrons. The lowest BCUT2D eigenvalue weighted by Crippen LogP contribution is -2.35. The van der Waals surface area contributed by atoms with Crippen LogP contribution in [0.15, 0.2) is 24.3 Å². The maximum Gasteiger partial charge on any atom is 0.226 e. The van der Waals surface area contributed by atoms with Crippen molar-refractivity contribution in [3.05, 3.63) is 34.9 Å². The first-order valence-electron chi connectivity index (χ1n) is 7.27. The molecular weight excluding hydrogens is 307 g/mol. The predicted molar refractivity (Wildman–Crippen MR) is 87.9 cm³/mol. The fourth-order valence-corrected chi connectivity index (χ4v) is 3.48. The molecule has 5 heteroatoms. The molecule has 3 rings (SSSR count). The van der Waals surface area contributed by atoms with Gasteiger partial charge in [0, 0.05) is 24.0 Å². The topological polar surface area (TPSA) is 46.3 Å². The van der Waals surface area contributed by atoms with E-state index in [1.165, 1.54) is 0 Å². The van der Waals surface area contributed by atoms with Crippen LogP contribution in [0, 0.1) is 11.3 Å². The first-order chi connectivity index (χ1) is 9.54. The third-order valence-electron chi connectivity index (χ3n) is 4.77. The third-order valence-corrected chi connectivity index (χ3v) is 5.12. The molecule has 1 amide bonds. The second-order valence-corrected chi connectivity index (χ2v) is 6.90. The molecule has 0 bridgehead atoms. The van der Waals surface area contributed by atoms with Crippen LogP contribution in [0.1, 0.15) is 31.2 Å². The van der Waals surface area contributed by atoms with Gasteiger partial charge in [-0.25, -0.2) is 0 Å². The van der Waals surface area contributed by atoms with E-state index in [-0.39, 0.29) is 29.6 Å². The van der Waals surface area contributed by atoms with Crippen LogP contribution in [0.5, 0.6) is 0 Å². The standard InChI is InChI=1S/C16H21ClN2O.ClH/c1-16(9-18)6-7-19(10-16)15(20)13-8-12(13)11-4-2-3-5-14(11)17;/h2-5,12-13H,6-10,18H2,1H3;1H. The van der Waals surface area contributed by atoms with Crippen LogP contribution in [0.2, 0.25) is 5.02 Å². The Bertz CT molecular complexity index is 537. The Kier molecular flexibility index (Phi) is 4.86. The van der Waals surface area contributed by atoms with Crippen molar-refractivity contribution in [2.75, 3.05) is 19.6 Å². The summed E-state index contributed by atoms with van der Waals surface area (Å²) >= 11 is 6.22. The number of rotatable bonds is 3. The Hall–Kier alpha value is -0.770. The normalized spacial score (nSPS) is 30.9. The lowest BCUT2D eigenvalue weighted by atomic mass is 9.90. The number of carbonyl (C=O) groups is 1. The van der Waals surface area contributed by atoms with Gasteiger partial charge in [-0.2, -0.15) is 0 Å². The maximum atomic E-state index is 12.5. The van der Waals surface area contributed by atoms with Crippen molar-refractivity contribution in [3.8, 4) is 0 Å². The Morgan fingerprint density at radius 2 is 2.19 bits per heavy atom. The monoisotopic (exact) mass is 328 g/mol. The number of carbonyl (C=O) groups excluding carboxylic acids is 1. The molecule has 2 fully saturated rings. The Morgan fingerprint density at radius 1 is 1.48 bits per heavy atom. The molecule has 1 aromatic rings. The van der Waals surface area contributed by atoms with E-state index in [0.29, 0.717) is 12.5 Å². The van der Waals surface area contributed by atoms with Gasteiger partial charge in [0.25, 0.3) is 0 Å². The first-order valence-corrected chi connectivity index (χ1v) is 7.65. The van der Waals surface area contributed by atoms with Gasteiger partial charge in [-0.3, -0.25) is 4.79 Å². The van der Waals surface area contributed by atoms with Crippen LogP contribution in [0.4, 0.5) is 0 Å². The minimum Gasteiger partial charge on any atom is -0.342 e. The molecule has 3 unspecified atom stereocenters. The first kappa shape index (κ1) is 16.6. The molecule has 0 spiro atoms. The molecule has 2 aliphatic rings. The van der Waals surface area contributed by atoms with Crippen LogP contribution in [0.3, 0.4) is 0 Å². The molecule has 1 saturated heterocycles. The number of benzene rings is 1. The molecule has 1 aromatic carbocycles. The SMILES string of the molecule is CC1(CN)CCN(C(=O)C2CC2c2ccccc2Cl)C1.Cl. The summed E-state index contributed by atoms with van der Waals surface area (Å²) in [6, 6.07) is 7.85. The van der Waals surface area contributed by atoms with E-state index >= 15 is 0 Å². The Balaban J connectivity index is 0.00000161. The second-order valence-electron chi connectivity index (χ2n) is 6.49. The second kappa shape index (κ2) is 6.15. The highest BCUT2D eigenvalue weighted by Crippen LogP contribution is 2.51. The van der Waals surface area contributed by atoms with E-state index in [2.05, 4.69) is 6.92 Å². The largest absolute Gasteiger partial charge is 0.342 e. The van der Waals surface area contributed by atoms with E-state index in [0.717, 1.165) is 36.5 Å². The summed E-state index contributed by atoms with van der Waals surface area (Å²) in [5.41, 5.74) is 7.03. The number of amides is 1. The average molecular weight is 329 g/mol. The molecule has 1 aliphatic carbocycles. The van der Waals surface area contributed by atoms with Gasteiger partial charge in [-0.1, -0.05) is 36.7 Å². The van der Waals surface area contributed by atoms with Gasteiger partial charge in [-0.05, 0) is 42.3 Å². The van der Waals surface area contributed by atoms with Gasteiger partial charge in [-0.15, -0.1) is 12.4 Å². The van der Waals surface area contributed by atoms with Crippen LogP contribution in [-0.2, 0) is 4.79 Å². The van der Waals surface area contributed by atoms with Crippen molar-refractivity contribution in [2.45, 2.75) is 25.7 Å². The number of hydrogen-bond acceptors (Lipinski definition) is 2. The molecule has 1 saturated carbocycles. The lowest BCUT2D eigenvalue weighted by Gasteiger charge is -2.22. The number of halogens is 2. The van der Waals surface area contributed by atoms with E-state index in [1.807, 2.05) is 29.2 Å². The summed E-state index contributed by atoms with van der Waals surface area (Å²) in [6.07, 6.45) is 1.94. The zero-order valence-electron chi connectivity index (χ0n) is 12.2. The molecule has 0 radical (unpaired) electrons. The summed E-state index contributed by atoms with van der Waals surface area (Å²) in [6.45, 7) is 4.46. The molecule has 0 aromatic heterocycles. The van der Waals surface area contributed by atoms with Gasteiger partial charge in [0.1, 0.15) is 0 Å². The van der Waals surface area contributed by atoms with Crippen LogP contribution >= 0.6 is 24.0 Å². The zero-order chi connectivity index (χ0) is 14.3. The van der Waals surface area contributed by atoms with Gasteiger partial charge >= 0.3 is 0 Å². The molecule has 2 N–H and O–H groups in total. The molecular formula is C16H22Cl2N2O. The summed E-state index contributed by atoms with van der Waals surface area (Å²) < 4.78 is 0. The summed E-state index contributed by atoms with van der Waals surface area (Å²) in [5.74, 6) is 0.711. The van der Waals surface area contributed by atoms with Crippen LogP contribution < -0.4 is 5.73 Å². The van der Waals surface area contributed by atoms with Crippen molar-refractivity contribution in [1.82, 2.24) is 4.90 Å². The van der Waals surface area contributed by atoms with Crippen molar-refractivity contribution >= 4 is 29.9 Å². The summed E-state index contributed by atoms with van der Waals surface area (Å²) in [4.78, 5) is 14.5. The van der Waals surface area contributed by atoms with E-state index in [4.69, 9.17) is 17.3 Å². The summed E-state index contributed by atoms with van der Waals surface area (Å²) in [5, 5.41) is 0.779. The highest BCUT2D eigenvalue weighted by atomic mass is 35.5. The molecule has 1 heterocycles. The molecule has 3 nitrogen and oxygen atoms in total. The van der Waals surface area contributed by atoms with Crippen LogP contribution in [0.25, 0.3) is 0 Å². The number of nitrogens with zero attached hydrogens (tertiary/aromatic N) is 1. The fourth-order valence-electron chi connectivity index (χ4n) is 3.20. The molecule has 1 aliphatic heterocycles. The number of hydrogen-bond donors (Lipinski definition) is 1. The van der Waals surface area contributed by atoms with Gasteiger partial charge in [0.05, 0.1) is 0 Å². The minimum atomic E-state index is 0. The lowest BCUT2D eigenvalue weighted by molar-refractivity contribution is -0.132. The molecule has 3 atom stereocenters. The van der Waals surface area contributed by atoms with E-state index in [1.54, 1.807) is 0 Å². The fraction of sp³-hybridized carbons (Fsp3) is 0.562. The zero-order valence-corrected chi connectivity index (χ0v) is 13.8. The smallest absolute Gasteiger partial charge is 0.226 e. The van der Waals surface area contributed by atoms with E-state index < -0.39 is 0 Å². The average Bonchev–Trinajstić information content (AvgIpc) is 3.14. The maximum absolute atomic E-state index is 12.5. The van der Waals surface area contributed by atoms with Gasteiger partial charge in [0.2, 0.25) is 5.91 Å². The predicted octanol–water partition coefficient (Wildman–Crippen LogP) is 3.06. The van der Waals surface area contributed by atoms with E-state index in [9.17, 15) is 4.79 Å². The third kappa shape index (κ3) is 3.20. The molecule has 21 heavy (non-hydrogen) atoms. The van der Waals surface area contributed by atoms with Crippen molar-refractivity contribution < 1.29 is 4.79 Å². The van der Waals surface area contributed by atoms with Crippen molar-refractivity contribution in [2.24, 2.45) is 17.1 Å². The van der Waals surface area contributed by atoms with Crippen LogP contribution in [-0.4, -0.2) is 30.4 Å². The highest BCUT2D eigenvalue weighted by Gasteiger charge is 2.48. The Morgan fingerprint density at radius 3 is 2.81 bits per heavy atom. The minimum absolute atomic E-state index is 0. The van der Waals surface area contributed by atoms with Crippen molar-refractivity contribution in [3.63, 3.8) is 0 Å². The Labute approximate surface area is 137 Å². The van der Waals surface area contributed by atoms with Gasteiger partial charge in [0.15, 0.2) is 0 Å².